The first-order valence-corrected chi connectivity index (χ1v) is 20.6. The molecule has 19 heteroatoms. The Hall–Kier alpha value is -5.50. The van der Waals surface area contributed by atoms with Crippen molar-refractivity contribution in [1.29, 1.82) is 0 Å². The Balaban J connectivity index is -0.000000383. The highest BCUT2D eigenvalue weighted by molar-refractivity contribution is 5.90. The second-order valence-corrected chi connectivity index (χ2v) is 13.6. The Labute approximate surface area is 366 Å². The lowest BCUT2D eigenvalue weighted by Crippen LogP contribution is -2.40. The van der Waals surface area contributed by atoms with Crippen LogP contribution in [0.5, 0.6) is 0 Å². The van der Waals surface area contributed by atoms with Crippen LogP contribution in [0.25, 0.3) is 0 Å². The van der Waals surface area contributed by atoms with Crippen LogP contribution in [-0.2, 0) is 47.9 Å². The summed E-state index contributed by atoms with van der Waals surface area (Å²) in [6.45, 7) is 18.9. The molecule has 0 aliphatic carbocycles. The van der Waals surface area contributed by atoms with E-state index in [1.165, 1.54) is 24.3 Å². The van der Waals surface area contributed by atoms with Gasteiger partial charge in [-0.3, -0.25) is 47.9 Å². The molecule has 0 heterocycles. The van der Waals surface area contributed by atoms with Crippen LogP contribution in [0.4, 0.5) is 0 Å². The number of carbonyl (C=O) groups excluding carboxylic acids is 8. The van der Waals surface area contributed by atoms with Crippen molar-refractivity contribution in [1.82, 2.24) is 16.0 Å². The van der Waals surface area contributed by atoms with E-state index in [2.05, 4.69) is 42.3 Å². The van der Waals surface area contributed by atoms with Gasteiger partial charge in [-0.05, 0) is 82.2 Å². The molecule has 3 amide bonds. The summed E-state index contributed by atoms with van der Waals surface area (Å²) >= 11 is 0. The Morgan fingerprint density at radius 3 is 1.24 bits per heavy atom. The zero-order valence-electron chi connectivity index (χ0n) is 36.7. The Morgan fingerprint density at radius 2 is 0.887 bits per heavy atom. The highest BCUT2D eigenvalue weighted by Gasteiger charge is 2.21. The van der Waals surface area contributed by atoms with Crippen LogP contribution in [0.1, 0.15) is 110 Å². The van der Waals surface area contributed by atoms with Crippen molar-refractivity contribution >= 4 is 58.6 Å². The molecular formula is C43H73N7O12. The molecule has 0 fully saturated rings. The number of amides is 3. The topological polar surface area (TPSA) is 351 Å². The van der Waals surface area contributed by atoms with Crippen LogP contribution in [0.2, 0.25) is 0 Å². The molecule has 0 aliphatic rings. The zero-order valence-corrected chi connectivity index (χ0v) is 36.7. The van der Waals surface area contributed by atoms with E-state index in [-0.39, 0.29) is 78.7 Å². The fourth-order valence-corrected chi connectivity index (χ4v) is 4.32. The van der Waals surface area contributed by atoms with E-state index >= 15 is 0 Å². The molecule has 0 spiro atoms. The first kappa shape index (κ1) is 63.1. The number of carboxylic acid groups (broad SMARTS) is 2. The number of aliphatic carboxylic acids is 2. The summed E-state index contributed by atoms with van der Waals surface area (Å²) in [5, 5.41) is 25.1. The molecule has 4 unspecified atom stereocenters. The summed E-state index contributed by atoms with van der Waals surface area (Å²) in [7, 11) is 0. The number of carbonyl (C=O) groups is 10. The average molecular weight is 880 g/mol. The molecule has 0 aromatic rings. The van der Waals surface area contributed by atoms with Gasteiger partial charge in [0.1, 0.15) is 17.9 Å². The van der Waals surface area contributed by atoms with Crippen LogP contribution < -0.4 is 38.9 Å². The predicted molar refractivity (Wildman–Crippen MR) is 237 cm³/mol. The lowest BCUT2D eigenvalue weighted by Gasteiger charge is -2.14. The molecule has 4 atom stereocenters. The van der Waals surface area contributed by atoms with Crippen molar-refractivity contribution in [3.8, 4) is 0 Å². The van der Waals surface area contributed by atoms with Crippen molar-refractivity contribution in [2.75, 3.05) is 26.2 Å². The number of nitrogens with one attached hydrogen (secondary N) is 3. The molecule has 0 saturated heterocycles. The van der Waals surface area contributed by atoms with E-state index in [0.29, 0.717) is 84.0 Å². The van der Waals surface area contributed by atoms with Gasteiger partial charge in [0.15, 0.2) is 23.1 Å². The summed E-state index contributed by atoms with van der Waals surface area (Å²) < 4.78 is 0. The highest BCUT2D eigenvalue weighted by atomic mass is 16.4. The molecule has 13 N–H and O–H groups in total. The summed E-state index contributed by atoms with van der Waals surface area (Å²) in [5.74, 6) is -3.58. The summed E-state index contributed by atoms with van der Waals surface area (Å²) in [6, 6.07) is -2.51. The molecule has 0 aromatic carbocycles. The second kappa shape index (κ2) is 42.2. The largest absolute Gasteiger partial charge is 0.480 e. The highest BCUT2D eigenvalue weighted by Crippen LogP contribution is 2.12. The third kappa shape index (κ3) is 41.2. The molecule has 352 valence electrons. The number of carboxylic acids is 2. The van der Waals surface area contributed by atoms with Gasteiger partial charge in [-0.15, -0.1) is 0 Å². The third-order valence-corrected chi connectivity index (χ3v) is 8.42. The number of allylic oxidation sites excluding steroid dienone is 4. The molecule has 0 radical (unpaired) electrons. The van der Waals surface area contributed by atoms with Gasteiger partial charge in [0.2, 0.25) is 17.7 Å². The van der Waals surface area contributed by atoms with E-state index in [9.17, 15) is 47.9 Å². The minimum atomic E-state index is -1.14. The van der Waals surface area contributed by atoms with Gasteiger partial charge in [0.25, 0.3) is 0 Å². The predicted octanol–water partition coefficient (Wildman–Crippen LogP) is 1.50. The van der Waals surface area contributed by atoms with Crippen LogP contribution in [0.3, 0.4) is 0 Å². The van der Waals surface area contributed by atoms with Crippen LogP contribution in [0.15, 0.2) is 50.6 Å². The van der Waals surface area contributed by atoms with Crippen LogP contribution >= 0.6 is 0 Å². The number of nitrogens with two attached hydrogens (primary N) is 4. The first-order valence-electron chi connectivity index (χ1n) is 20.6. The smallest absolute Gasteiger partial charge is 0.320 e. The van der Waals surface area contributed by atoms with Gasteiger partial charge in [0.05, 0.1) is 6.04 Å². The van der Waals surface area contributed by atoms with E-state index in [1.807, 2.05) is 13.8 Å². The molecule has 19 nitrogen and oxygen atoms in total. The Bertz CT molecular complexity index is 1450. The quantitative estimate of drug-likeness (QED) is 0.0333. The van der Waals surface area contributed by atoms with E-state index in [4.69, 9.17) is 33.1 Å². The molecule has 0 aromatic heterocycles. The van der Waals surface area contributed by atoms with Gasteiger partial charge in [-0.2, -0.15) is 0 Å². The lowest BCUT2D eigenvalue weighted by atomic mass is 9.95. The van der Waals surface area contributed by atoms with E-state index in [0.717, 1.165) is 6.42 Å². The molecule has 0 rings (SSSR count). The molecule has 62 heavy (non-hydrogen) atoms. The summed E-state index contributed by atoms with van der Waals surface area (Å²) in [4.78, 5) is 110. The number of hydrogen-bond donors (Lipinski definition) is 9. The van der Waals surface area contributed by atoms with Crippen molar-refractivity contribution in [3.63, 3.8) is 0 Å². The van der Waals surface area contributed by atoms with Crippen LogP contribution in [-0.4, -0.2) is 113 Å². The first-order chi connectivity index (χ1) is 29.2. The minimum Gasteiger partial charge on any atom is -0.480 e. The number of rotatable bonds is 33. The maximum Gasteiger partial charge on any atom is 0.320 e. The fourth-order valence-electron chi connectivity index (χ4n) is 4.32. The van der Waals surface area contributed by atoms with Gasteiger partial charge in [-0.25, -0.2) is 0 Å². The Kier molecular flexibility index (Phi) is 43.0. The Morgan fingerprint density at radius 1 is 0.516 bits per heavy atom. The minimum absolute atomic E-state index is 0.000890. The lowest BCUT2D eigenvalue weighted by molar-refractivity contribution is -0.139. The molecule has 0 bridgehead atoms. The SMILES string of the molecule is C=CC(=O)CCCN.C=CC(=O)CCCNC(=O)C(CC)CC(=O)CCC(N)C(=O)O.C=CC(=O)CCCNC(=O)C(N)CC.C=CC(=O)CCCNC(=O)CCC(N)C(=O)O. The van der Waals surface area contributed by atoms with Crippen molar-refractivity contribution in [3.05, 3.63) is 50.6 Å². The maximum atomic E-state index is 12.0. The monoisotopic (exact) mass is 880 g/mol. The average Bonchev–Trinajstić information content (AvgIpc) is 3.26. The number of Topliss-reactive ketones (excluding diaryl/α,β-unsaturated/α-hetero) is 1. The molecule has 0 saturated carbocycles. The summed E-state index contributed by atoms with van der Waals surface area (Å²) in [6.07, 6.45) is 10.7. The fraction of sp³-hybridized carbons (Fsp3) is 0.581. The normalized spacial score (nSPS) is 11.8. The van der Waals surface area contributed by atoms with E-state index in [1.54, 1.807) is 0 Å². The van der Waals surface area contributed by atoms with Crippen molar-refractivity contribution in [2.24, 2.45) is 28.9 Å². The van der Waals surface area contributed by atoms with E-state index < -0.39 is 36.0 Å². The number of hydrogen-bond acceptors (Lipinski definition) is 14. The van der Waals surface area contributed by atoms with Gasteiger partial charge < -0.3 is 49.1 Å². The van der Waals surface area contributed by atoms with Gasteiger partial charge in [-0.1, -0.05) is 40.2 Å². The third-order valence-electron chi connectivity index (χ3n) is 8.42. The number of ketones is 5. The summed E-state index contributed by atoms with van der Waals surface area (Å²) in [5.41, 5.74) is 21.2. The molecule has 0 aliphatic heterocycles. The van der Waals surface area contributed by atoms with Crippen molar-refractivity contribution < 1.29 is 58.2 Å². The molecular weight excluding hydrogens is 807 g/mol. The van der Waals surface area contributed by atoms with Crippen LogP contribution in [0, 0.1) is 5.92 Å². The standard InChI is InChI=1S/C16H26N2O5.C11H18N2O4.C10H18N2O2.C6H11NO/c1-3-11(10-13(20)7-8-14(17)16(22)23)15(21)18-9-5-6-12(19)4-2;1-2-8(14)4-3-7-13-10(15)6-5-9(12)11(16)17;1-3-8(13)6-5-7-12-10(14)9(11)4-2;1-2-6(8)4-3-5-7/h4,11,14H,2-3,5-10,17H2,1H3,(H,18,21)(H,22,23);2,9H,1,3-7,12H2,(H,13,15)(H,16,17);3,9H,1,4-7,11H2,2H3,(H,12,14);2H,1,3-5,7H2. The second-order valence-electron chi connectivity index (χ2n) is 13.6. The van der Waals surface area contributed by atoms with Gasteiger partial charge in [0, 0.05) is 70.5 Å². The maximum absolute atomic E-state index is 12.0. The van der Waals surface area contributed by atoms with Gasteiger partial charge >= 0.3 is 11.9 Å². The van der Waals surface area contributed by atoms with Crippen molar-refractivity contribution in [2.45, 2.75) is 128 Å². The zero-order chi connectivity index (χ0) is 48.5.